The molecule has 0 N–H and O–H groups in total. The summed E-state index contributed by atoms with van der Waals surface area (Å²) in [6, 6.07) is 4.32. The molecule has 1 aromatic carbocycles. The fourth-order valence-electron chi connectivity index (χ4n) is 2.83. The van der Waals surface area contributed by atoms with E-state index in [1.807, 2.05) is 0 Å². The largest absolute Gasteiger partial charge is 0.379 e. The number of hydrogen-bond acceptors (Lipinski definition) is 3. The molecule has 0 amide bonds. The summed E-state index contributed by atoms with van der Waals surface area (Å²) in [5, 5.41) is 0. The number of ketones is 1. The molecule has 3 heteroatoms. The van der Waals surface area contributed by atoms with Gasteiger partial charge in [0.25, 0.3) is 0 Å². The first kappa shape index (κ1) is 11.9. The molecule has 0 bridgehead atoms. The maximum atomic E-state index is 11.8. The predicted octanol–water partition coefficient (Wildman–Crippen LogP) is 1.96. The summed E-state index contributed by atoms with van der Waals surface area (Å²) in [6.07, 6.45) is 1.61. The second kappa shape index (κ2) is 4.82. The van der Waals surface area contributed by atoms with Gasteiger partial charge in [-0.2, -0.15) is 0 Å². The zero-order chi connectivity index (χ0) is 12.5. The van der Waals surface area contributed by atoms with Crippen LogP contribution >= 0.6 is 0 Å². The van der Waals surface area contributed by atoms with Crippen molar-refractivity contribution in [3.8, 4) is 0 Å². The van der Waals surface area contributed by atoms with E-state index >= 15 is 0 Å². The van der Waals surface area contributed by atoms with Gasteiger partial charge >= 0.3 is 0 Å². The fraction of sp³-hybridized carbons (Fsp3) is 0.533. The Bertz CT molecular complexity index is 476. The van der Waals surface area contributed by atoms with Gasteiger partial charge in [-0.05, 0) is 36.1 Å². The van der Waals surface area contributed by atoms with Crippen LogP contribution < -0.4 is 0 Å². The van der Waals surface area contributed by atoms with Gasteiger partial charge in [0.2, 0.25) is 0 Å². The number of Topliss-reactive ketones (excluding diaryl/α,β-unsaturated/α-hetero) is 1. The molecule has 1 aliphatic carbocycles. The summed E-state index contributed by atoms with van der Waals surface area (Å²) in [7, 11) is 0. The monoisotopic (exact) mass is 245 g/mol. The van der Waals surface area contributed by atoms with Crippen molar-refractivity contribution in [1.29, 1.82) is 0 Å². The predicted molar refractivity (Wildman–Crippen MR) is 69.9 cm³/mol. The number of fused-ring (bicyclic) bond motifs is 1. The second-order valence-electron chi connectivity index (χ2n) is 5.25. The van der Waals surface area contributed by atoms with E-state index in [2.05, 4.69) is 24.0 Å². The molecule has 3 nitrogen and oxygen atoms in total. The number of aryl methyl sites for hydroxylation is 2. The van der Waals surface area contributed by atoms with E-state index in [0.29, 0.717) is 12.2 Å². The lowest BCUT2D eigenvalue weighted by Gasteiger charge is -2.27. The highest BCUT2D eigenvalue weighted by Gasteiger charge is 2.21. The molecule has 18 heavy (non-hydrogen) atoms. The smallest absolute Gasteiger partial charge is 0.163 e. The quantitative estimate of drug-likeness (QED) is 0.797. The number of ether oxygens (including phenoxy) is 1. The Hall–Kier alpha value is -1.19. The van der Waals surface area contributed by atoms with Crippen molar-refractivity contribution >= 4 is 5.78 Å². The SMILES string of the molecule is Cc1cc2c(cc1CN1CCOCC1)C(=O)CC2. The van der Waals surface area contributed by atoms with Crippen molar-refractivity contribution in [2.75, 3.05) is 26.3 Å². The summed E-state index contributed by atoms with van der Waals surface area (Å²) in [5.41, 5.74) is 4.81. The van der Waals surface area contributed by atoms with Crippen LogP contribution in [-0.4, -0.2) is 37.0 Å². The van der Waals surface area contributed by atoms with Gasteiger partial charge in [-0.3, -0.25) is 9.69 Å². The first-order valence-corrected chi connectivity index (χ1v) is 6.70. The van der Waals surface area contributed by atoms with Crippen molar-refractivity contribution in [2.24, 2.45) is 0 Å². The van der Waals surface area contributed by atoms with Gasteiger partial charge in [-0.25, -0.2) is 0 Å². The molecular formula is C15H19NO2. The molecule has 0 spiro atoms. The Morgan fingerprint density at radius 1 is 1.22 bits per heavy atom. The third kappa shape index (κ3) is 2.20. The highest BCUT2D eigenvalue weighted by atomic mass is 16.5. The van der Waals surface area contributed by atoms with Gasteiger partial charge in [-0.1, -0.05) is 6.07 Å². The molecule has 1 aromatic rings. The first-order valence-electron chi connectivity index (χ1n) is 6.70. The molecule has 0 unspecified atom stereocenters. The van der Waals surface area contributed by atoms with Crippen LogP contribution in [0.5, 0.6) is 0 Å². The Kier molecular flexibility index (Phi) is 3.18. The highest BCUT2D eigenvalue weighted by Crippen LogP contribution is 2.26. The van der Waals surface area contributed by atoms with Crippen LogP contribution in [0.4, 0.5) is 0 Å². The number of rotatable bonds is 2. The summed E-state index contributed by atoms with van der Waals surface area (Å²) >= 11 is 0. The van der Waals surface area contributed by atoms with Gasteiger partial charge in [0, 0.05) is 31.6 Å². The van der Waals surface area contributed by atoms with Gasteiger partial charge < -0.3 is 4.74 Å². The third-order valence-electron chi connectivity index (χ3n) is 3.98. The molecule has 1 heterocycles. The molecule has 2 aliphatic rings. The minimum absolute atomic E-state index is 0.313. The van der Waals surface area contributed by atoms with Crippen molar-refractivity contribution < 1.29 is 9.53 Å². The Morgan fingerprint density at radius 3 is 2.78 bits per heavy atom. The van der Waals surface area contributed by atoms with E-state index in [-0.39, 0.29) is 0 Å². The van der Waals surface area contributed by atoms with Crippen LogP contribution in [0.2, 0.25) is 0 Å². The summed E-state index contributed by atoms with van der Waals surface area (Å²) in [6.45, 7) is 6.72. The fourth-order valence-corrected chi connectivity index (χ4v) is 2.83. The van der Waals surface area contributed by atoms with Crippen LogP contribution in [0.15, 0.2) is 12.1 Å². The molecule has 1 aliphatic heterocycles. The van der Waals surface area contributed by atoms with E-state index in [1.165, 1.54) is 16.7 Å². The normalized spacial score (nSPS) is 20.2. The van der Waals surface area contributed by atoms with Crippen molar-refractivity contribution in [2.45, 2.75) is 26.3 Å². The van der Waals surface area contributed by atoms with Gasteiger partial charge in [-0.15, -0.1) is 0 Å². The Morgan fingerprint density at radius 2 is 2.00 bits per heavy atom. The first-order chi connectivity index (χ1) is 8.74. The van der Waals surface area contributed by atoms with E-state index in [9.17, 15) is 4.79 Å². The molecule has 3 rings (SSSR count). The number of nitrogens with zero attached hydrogens (tertiary/aromatic N) is 1. The molecule has 96 valence electrons. The van der Waals surface area contributed by atoms with E-state index < -0.39 is 0 Å². The minimum Gasteiger partial charge on any atom is -0.379 e. The molecule has 0 saturated carbocycles. The second-order valence-corrected chi connectivity index (χ2v) is 5.25. The van der Waals surface area contributed by atoms with E-state index in [1.54, 1.807) is 0 Å². The summed E-state index contributed by atoms with van der Waals surface area (Å²) in [4.78, 5) is 14.2. The lowest BCUT2D eigenvalue weighted by Crippen LogP contribution is -2.35. The molecule has 0 aromatic heterocycles. The molecule has 0 radical (unpaired) electrons. The lowest BCUT2D eigenvalue weighted by molar-refractivity contribution is 0.0341. The van der Waals surface area contributed by atoms with Crippen molar-refractivity contribution in [3.05, 3.63) is 34.4 Å². The lowest BCUT2D eigenvalue weighted by atomic mass is 10.00. The Labute approximate surface area is 108 Å². The average molecular weight is 245 g/mol. The van der Waals surface area contributed by atoms with Crippen LogP contribution in [0.3, 0.4) is 0 Å². The number of carbonyl (C=O) groups excluding carboxylic acids is 1. The maximum Gasteiger partial charge on any atom is 0.163 e. The number of carbonyl (C=O) groups is 1. The minimum atomic E-state index is 0.313. The van der Waals surface area contributed by atoms with E-state index in [4.69, 9.17) is 4.74 Å². The van der Waals surface area contributed by atoms with Crippen LogP contribution in [0.25, 0.3) is 0 Å². The Balaban J connectivity index is 1.83. The molecular weight excluding hydrogens is 226 g/mol. The van der Waals surface area contributed by atoms with Gasteiger partial charge in [0.05, 0.1) is 13.2 Å². The average Bonchev–Trinajstić information content (AvgIpc) is 2.73. The topological polar surface area (TPSA) is 29.5 Å². The maximum absolute atomic E-state index is 11.8. The number of hydrogen-bond donors (Lipinski definition) is 0. The summed E-state index contributed by atoms with van der Waals surface area (Å²) in [5.74, 6) is 0.313. The van der Waals surface area contributed by atoms with Crippen LogP contribution in [0.1, 0.15) is 33.5 Å². The molecule has 0 atom stereocenters. The van der Waals surface area contributed by atoms with Crippen molar-refractivity contribution in [1.82, 2.24) is 4.90 Å². The summed E-state index contributed by atoms with van der Waals surface area (Å²) < 4.78 is 5.36. The zero-order valence-corrected chi connectivity index (χ0v) is 10.9. The molecule has 1 saturated heterocycles. The van der Waals surface area contributed by atoms with Gasteiger partial charge in [0.15, 0.2) is 5.78 Å². The number of morpholine rings is 1. The highest BCUT2D eigenvalue weighted by molar-refractivity contribution is 6.00. The van der Waals surface area contributed by atoms with Gasteiger partial charge in [0.1, 0.15) is 0 Å². The third-order valence-corrected chi connectivity index (χ3v) is 3.98. The van der Waals surface area contributed by atoms with E-state index in [0.717, 1.165) is 44.8 Å². The molecule has 1 fully saturated rings. The van der Waals surface area contributed by atoms with Crippen molar-refractivity contribution in [3.63, 3.8) is 0 Å². The van der Waals surface area contributed by atoms with Crippen LogP contribution in [-0.2, 0) is 17.7 Å². The standard InChI is InChI=1S/C15H19NO2/c1-11-8-12-2-3-15(17)14(12)9-13(11)10-16-4-6-18-7-5-16/h8-9H,2-7,10H2,1H3. The van der Waals surface area contributed by atoms with Crippen LogP contribution in [0, 0.1) is 6.92 Å². The zero-order valence-electron chi connectivity index (χ0n) is 10.9. The number of benzene rings is 1.